The normalized spacial score (nSPS) is 19.8. The minimum atomic E-state index is -4.86. The van der Waals surface area contributed by atoms with E-state index in [-0.39, 0.29) is 44.8 Å². The molecule has 21 heteroatoms. The van der Waals surface area contributed by atoms with E-state index in [2.05, 4.69) is 93.6 Å². The van der Waals surface area contributed by atoms with Crippen LogP contribution in [-0.2, 0) is 24.0 Å². The summed E-state index contributed by atoms with van der Waals surface area (Å²) in [4.78, 5) is 70.3. The molecule has 0 amide bonds. The number of Topliss-reactive ketones (excluding diaryl/α,β-unsaturated/α-hetero) is 5. The first kappa shape index (κ1) is 82.2. The highest BCUT2D eigenvalue weighted by molar-refractivity contribution is 6.03. The van der Waals surface area contributed by atoms with Crippen LogP contribution in [0.4, 0.5) is 66.7 Å². The lowest BCUT2D eigenvalue weighted by Gasteiger charge is -2.43. The zero-order chi connectivity index (χ0) is 75.1. The molecule has 0 bridgehead atoms. The van der Waals surface area contributed by atoms with Gasteiger partial charge in [0.2, 0.25) is 0 Å². The largest absolute Gasteiger partial charge is 0.454 e. The van der Waals surface area contributed by atoms with Crippen molar-refractivity contribution in [2.24, 2.45) is 27.1 Å². The van der Waals surface area contributed by atoms with E-state index in [9.17, 15) is 67.9 Å². The standard InChI is InChI=1S/C22H32N2O.C15H16F3NO.C15H14F3NO.C13H20F3NO.C13H22FNO/c1-17(25)20-16-24(15-12-22(20,4)5)19-8-6-18(7-9-19)23-13-10-21(2,3)11-14-23;2*1-14(2)8-9-19(11-6-4-3-5-7-11)10-12(14)13(20)15(16,17)18;1-11(2,3)17-7-6-12(4,5)9(8-17)10(18)13(14,15)16;1-12(2,3)15-8-6-7-10(9-15)11(16)13(4,5)14/h6-9,16H,10-15H2,1-5H3;3-7,10H,8-9H2,1-2H3;3-10H,1-2H3;8H,6-7H2,1-5H3;9H,6-8H2,1-5H3. The van der Waals surface area contributed by atoms with Crippen molar-refractivity contribution < 1.29 is 67.9 Å². The summed E-state index contributed by atoms with van der Waals surface area (Å²) in [5.74, 6) is -5.46. The number of halogens is 10. The summed E-state index contributed by atoms with van der Waals surface area (Å²) in [6, 6.07) is 26.8. The van der Waals surface area contributed by atoms with Crippen LogP contribution in [0.15, 0.2) is 156 Å². The van der Waals surface area contributed by atoms with Gasteiger partial charge >= 0.3 is 18.5 Å². The maximum atomic E-state index is 13.6. The number of piperidine rings is 1. The summed E-state index contributed by atoms with van der Waals surface area (Å²) >= 11 is 0. The van der Waals surface area contributed by atoms with Crippen molar-refractivity contribution in [3.05, 3.63) is 156 Å². The Balaban J connectivity index is 0.000000225. The van der Waals surface area contributed by atoms with Crippen molar-refractivity contribution in [2.75, 3.05) is 58.9 Å². The fraction of sp³-hybridized carbons (Fsp3) is 0.551. The molecule has 6 heterocycles. The van der Waals surface area contributed by atoms with Crippen LogP contribution >= 0.6 is 0 Å². The Morgan fingerprint density at radius 2 is 0.778 bits per heavy atom. The average Bonchev–Trinajstić information content (AvgIpc) is 0.792. The molecule has 11 nitrogen and oxygen atoms in total. The molecule has 0 aliphatic carbocycles. The molecular formula is C78H104F10N6O5. The highest BCUT2D eigenvalue weighted by Gasteiger charge is 2.49. The lowest BCUT2D eigenvalue weighted by atomic mass is 9.76. The second-order valence-corrected chi connectivity index (χ2v) is 32.1. The molecule has 0 saturated carbocycles. The van der Waals surface area contributed by atoms with E-state index < -0.39 is 57.8 Å². The lowest BCUT2D eigenvalue weighted by molar-refractivity contribution is -0.168. The molecule has 1 saturated heterocycles. The predicted molar refractivity (Wildman–Crippen MR) is 376 cm³/mol. The molecule has 0 spiro atoms. The molecule has 546 valence electrons. The van der Waals surface area contributed by atoms with Crippen molar-refractivity contribution in [3.8, 4) is 0 Å². The number of rotatable bonds is 10. The highest BCUT2D eigenvalue weighted by Crippen LogP contribution is 2.44. The molecule has 1 fully saturated rings. The van der Waals surface area contributed by atoms with E-state index in [1.165, 1.54) is 61.6 Å². The summed E-state index contributed by atoms with van der Waals surface area (Å²) in [6.07, 6.45) is 2.81. The Bertz CT molecular complexity index is 3480. The number of alkyl halides is 10. The number of ketones is 5. The topological polar surface area (TPSA) is 105 Å². The molecule has 0 atom stereocenters. The van der Waals surface area contributed by atoms with Gasteiger partial charge in [-0.15, -0.1) is 0 Å². The molecule has 0 unspecified atom stereocenters. The van der Waals surface area contributed by atoms with E-state index in [1.54, 1.807) is 94.8 Å². The quantitative estimate of drug-likeness (QED) is 0.181. The van der Waals surface area contributed by atoms with E-state index in [0.717, 1.165) is 50.3 Å². The summed E-state index contributed by atoms with van der Waals surface area (Å²) in [5, 5.41) is 0. The zero-order valence-corrected chi connectivity index (χ0v) is 61.3. The Morgan fingerprint density at radius 1 is 0.394 bits per heavy atom. The Hall–Kier alpha value is -7.45. The highest BCUT2D eigenvalue weighted by atomic mass is 19.4. The molecular weight excluding hydrogens is 1290 g/mol. The Morgan fingerprint density at radius 3 is 1.21 bits per heavy atom. The van der Waals surface area contributed by atoms with Crippen LogP contribution in [0.1, 0.15) is 176 Å². The second-order valence-electron chi connectivity index (χ2n) is 32.1. The number of carbonyl (C=O) groups excluding carboxylic acids is 5. The van der Waals surface area contributed by atoms with Crippen molar-refractivity contribution in [2.45, 2.75) is 212 Å². The predicted octanol–water partition coefficient (Wildman–Crippen LogP) is 19.6. The number of para-hydroxylation sites is 2. The summed E-state index contributed by atoms with van der Waals surface area (Å²) in [5.41, 5.74) is 0.900. The van der Waals surface area contributed by atoms with Gasteiger partial charge in [0.25, 0.3) is 17.3 Å². The van der Waals surface area contributed by atoms with Crippen LogP contribution in [0.2, 0.25) is 0 Å². The van der Waals surface area contributed by atoms with Gasteiger partial charge in [-0.2, -0.15) is 39.5 Å². The maximum Gasteiger partial charge on any atom is 0.454 e. The molecule has 3 aromatic rings. The molecule has 6 aliphatic heterocycles. The van der Waals surface area contributed by atoms with Gasteiger partial charge in [0.15, 0.2) is 17.2 Å². The minimum absolute atomic E-state index is 0.00753. The molecule has 0 aromatic heterocycles. The second kappa shape index (κ2) is 31.2. The number of hydrogen-bond acceptors (Lipinski definition) is 11. The summed E-state index contributed by atoms with van der Waals surface area (Å²) in [7, 11) is 0. The SMILES string of the molecule is CC(=O)C1=CN(c2ccc(N3CCC(C)(C)CC3)cc2)CCC1(C)C.CC(C)(F)C(=O)C1=CN(C(C)(C)C)CCC1.CC1(C)C=CN(c2ccccc2)C=C1C(=O)C(F)(F)F.CC1(C)CCN(C(C)(C)C)C=C1C(=O)C(F)(F)F.CC1(C)CCN(c2ccccc2)C=C1C(=O)C(F)(F)F. The number of allylic oxidation sites excluding steroid dienone is 6. The number of hydrogen-bond donors (Lipinski definition) is 0. The fourth-order valence-electron chi connectivity index (χ4n) is 12.0. The van der Waals surface area contributed by atoms with Gasteiger partial charge in [-0.1, -0.05) is 112 Å². The summed E-state index contributed by atoms with van der Waals surface area (Å²) < 4.78 is 127. The van der Waals surface area contributed by atoms with E-state index >= 15 is 0 Å². The van der Waals surface area contributed by atoms with E-state index in [1.807, 2.05) is 63.4 Å². The molecule has 0 N–H and O–H groups in total. The lowest BCUT2D eigenvalue weighted by Crippen LogP contribution is -2.45. The van der Waals surface area contributed by atoms with E-state index in [0.29, 0.717) is 49.0 Å². The van der Waals surface area contributed by atoms with Crippen LogP contribution in [0.25, 0.3) is 0 Å². The number of anilines is 4. The third-order valence-corrected chi connectivity index (χ3v) is 19.0. The van der Waals surface area contributed by atoms with Crippen molar-refractivity contribution in [1.82, 2.24) is 9.80 Å². The molecule has 9 rings (SSSR count). The first-order chi connectivity index (χ1) is 45.1. The van der Waals surface area contributed by atoms with Crippen molar-refractivity contribution in [3.63, 3.8) is 0 Å². The third kappa shape index (κ3) is 22.8. The van der Waals surface area contributed by atoms with Crippen LogP contribution in [-0.4, -0.2) is 113 Å². The fourth-order valence-corrected chi connectivity index (χ4v) is 12.0. The van der Waals surface area contributed by atoms with Crippen molar-refractivity contribution in [1.29, 1.82) is 0 Å². The van der Waals surface area contributed by atoms with Gasteiger partial charge in [-0.3, -0.25) is 24.0 Å². The monoisotopic (exact) mass is 1390 g/mol. The molecule has 0 radical (unpaired) electrons. The maximum absolute atomic E-state index is 13.6. The van der Waals surface area contributed by atoms with Gasteiger partial charge in [-0.05, 0) is 177 Å². The summed E-state index contributed by atoms with van der Waals surface area (Å²) in [6.45, 7) is 40.7. The first-order valence-corrected chi connectivity index (χ1v) is 33.8. The molecule has 6 aliphatic rings. The van der Waals surface area contributed by atoms with Gasteiger partial charge < -0.3 is 29.4 Å². The molecule has 3 aromatic carbocycles. The van der Waals surface area contributed by atoms with E-state index in [4.69, 9.17) is 0 Å². The smallest absolute Gasteiger partial charge is 0.372 e. The van der Waals surface area contributed by atoms with Crippen LogP contribution in [0.3, 0.4) is 0 Å². The van der Waals surface area contributed by atoms with Crippen LogP contribution in [0.5, 0.6) is 0 Å². The third-order valence-electron chi connectivity index (χ3n) is 19.0. The van der Waals surface area contributed by atoms with Gasteiger partial charge in [0, 0.05) is 144 Å². The van der Waals surface area contributed by atoms with Gasteiger partial charge in [-0.25, -0.2) is 4.39 Å². The van der Waals surface area contributed by atoms with Gasteiger partial charge in [0.1, 0.15) is 0 Å². The first-order valence-electron chi connectivity index (χ1n) is 33.8. The van der Waals surface area contributed by atoms with Crippen LogP contribution in [0, 0.1) is 27.1 Å². The zero-order valence-electron chi connectivity index (χ0n) is 61.3. The van der Waals surface area contributed by atoms with Gasteiger partial charge in [0.05, 0.1) is 0 Å². The van der Waals surface area contributed by atoms with Crippen LogP contribution < -0.4 is 19.6 Å². The van der Waals surface area contributed by atoms with Crippen molar-refractivity contribution >= 4 is 51.7 Å². The number of carbonyl (C=O) groups is 5. The minimum Gasteiger partial charge on any atom is -0.372 e. The number of benzene rings is 3. The Labute approximate surface area is 580 Å². The molecule has 99 heavy (non-hydrogen) atoms. The Kier molecular flexibility index (Phi) is 25.9. The average molecular weight is 1400 g/mol. The number of nitrogens with zero attached hydrogens (tertiary/aromatic N) is 6.